The van der Waals surface area contributed by atoms with Crippen molar-refractivity contribution in [3.63, 3.8) is 0 Å². The summed E-state index contributed by atoms with van der Waals surface area (Å²) in [7, 11) is -1.47. The van der Waals surface area contributed by atoms with Crippen LogP contribution in [-0.2, 0) is 4.43 Å². The lowest BCUT2D eigenvalue weighted by molar-refractivity contribution is 0.197. The molecule has 0 radical (unpaired) electrons. The van der Waals surface area contributed by atoms with E-state index < -0.39 is 8.32 Å². The van der Waals surface area contributed by atoms with E-state index in [2.05, 4.69) is 45.2 Å². The highest BCUT2D eigenvalue weighted by molar-refractivity contribution is 7.80. The maximum absolute atomic E-state index is 6.48. The number of nitrogens with zero attached hydrogens (tertiary/aromatic N) is 1. The van der Waals surface area contributed by atoms with Gasteiger partial charge >= 0.3 is 0 Å². The van der Waals surface area contributed by atoms with Crippen molar-refractivity contribution in [3.05, 3.63) is 0 Å². The average molecular weight is 334 g/mol. The zero-order valence-electron chi connectivity index (χ0n) is 15.0. The Morgan fingerprint density at radius 2 is 1.43 bits per heavy atom. The molecule has 21 heavy (non-hydrogen) atoms. The molecule has 0 unspecified atom stereocenters. The van der Waals surface area contributed by atoms with Gasteiger partial charge < -0.3 is 9.33 Å². The molecule has 0 fully saturated rings. The van der Waals surface area contributed by atoms with Gasteiger partial charge in [-0.2, -0.15) is 12.6 Å². The van der Waals surface area contributed by atoms with Gasteiger partial charge in [-0.15, -0.1) is 0 Å². The third kappa shape index (κ3) is 9.98. The van der Waals surface area contributed by atoms with Crippen LogP contribution in [-0.4, -0.2) is 45.2 Å². The third-order valence-electron chi connectivity index (χ3n) is 4.55. The van der Waals surface area contributed by atoms with Gasteiger partial charge in [0, 0.05) is 13.2 Å². The Hall–Kier alpha value is 0.487. The minimum absolute atomic E-state index is 0.938. The number of hydrogen-bond acceptors (Lipinski definition) is 3. The van der Waals surface area contributed by atoms with Gasteiger partial charge in [0.1, 0.15) is 0 Å². The van der Waals surface area contributed by atoms with Gasteiger partial charge in [0.15, 0.2) is 8.32 Å². The van der Waals surface area contributed by atoms with E-state index in [0.717, 1.165) is 18.9 Å². The molecule has 0 aliphatic rings. The van der Waals surface area contributed by atoms with Crippen LogP contribution in [0.3, 0.4) is 0 Å². The molecule has 0 aliphatic carbocycles. The van der Waals surface area contributed by atoms with Crippen molar-refractivity contribution in [2.75, 3.05) is 32.0 Å². The highest BCUT2D eigenvalue weighted by Crippen LogP contribution is 2.24. The molecule has 0 aromatic carbocycles. The zero-order chi connectivity index (χ0) is 16.0. The topological polar surface area (TPSA) is 12.5 Å². The molecule has 0 saturated carbocycles. The lowest BCUT2D eigenvalue weighted by atomic mass is 10.2. The highest BCUT2D eigenvalue weighted by Gasteiger charge is 2.30. The van der Waals surface area contributed by atoms with Crippen molar-refractivity contribution in [1.29, 1.82) is 0 Å². The lowest BCUT2D eigenvalue weighted by Crippen LogP contribution is -2.40. The fourth-order valence-electron chi connectivity index (χ4n) is 2.77. The Kier molecular flexibility index (Phi) is 14.4. The Labute approximate surface area is 140 Å². The number of unbranched alkanes of at least 4 members (excludes halogenated alkanes) is 2. The maximum Gasteiger partial charge on any atom is 0.192 e. The minimum Gasteiger partial charge on any atom is -0.416 e. The molecule has 0 spiro atoms. The Morgan fingerprint density at radius 1 is 0.857 bits per heavy atom. The molecule has 4 heteroatoms. The van der Waals surface area contributed by atoms with E-state index in [9.17, 15) is 0 Å². The fraction of sp³-hybridized carbons (Fsp3) is 1.00. The van der Waals surface area contributed by atoms with Crippen LogP contribution in [0.1, 0.15) is 59.8 Å². The SMILES string of the molecule is CCCCN(CCCC)CCO[Si](CC)(CC)CCCS. The van der Waals surface area contributed by atoms with E-state index in [-0.39, 0.29) is 0 Å². The number of hydrogen-bond donors (Lipinski definition) is 1. The van der Waals surface area contributed by atoms with Crippen molar-refractivity contribution in [3.8, 4) is 0 Å². The van der Waals surface area contributed by atoms with Crippen molar-refractivity contribution >= 4 is 20.9 Å². The molecule has 0 aromatic rings. The minimum atomic E-state index is -1.47. The first-order valence-electron chi connectivity index (χ1n) is 9.15. The quantitative estimate of drug-likeness (QED) is 0.326. The molecule has 0 bridgehead atoms. The van der Waals surface area contributed by atoms with Crippen LogP contribution in [0.5, 0.6) is 0 Å². The molecular weight excluding hydrogens is 294 g/mol. The highest BCUT2D eigenvalue weighted by atomic mass is 32.1. The fourth-order valence-corrected chi connectivity index (χ4v) is 6.33. The van der Waals surface area contributed by atoms with E-state index >= 15 is 0 Å². The molecule has 0 aliphatic heterocycles. The van der Waals surface area contributed by atoms with Gasteiger partial charge in [0.05, 0.1) is 0 Å². The predicted octanol–water partition coefficient (Wildman–Crippen LogP) is 5.21. The van der Waals surface area contributed by atoms with Gasteiger partial charge in [0.2, 0.25) is 0 Å². The summed E-state index contributed by atoms with van der Waals surface area (Å²) in [6, 6.07) is 3.79. The summed E-state index contributed by atoms with van der Waals surface area (Å²) in [5.74, 6) is 0.997. The molecule has 0 saturated heterocycles. The van der Waals surface area contributed by atoms with E-state index in [4.69, 9.17) is 4.43 Å². The molecule has 0 rings (SSSR count). The summed E-state index contributed by atoms with van der Waals surface area (Å²) in [6.07, 6.45) is 6.41. The predicted molar refractivity (Wildman–Crippen MR) is 102 cm³/mol. The molecular formula is C17H39NOSSi. The molecule has 0 aromatic heterocycles. The van der Waals surface area contributed by atoms with Crippen LogP contribution in [0.4, 0.5) is 0 Å². The largest absolute Gasteiger partial charge is 0.416 e. The first kappa shape index (κ1) is 21.5. The standard InChI is InChI=1S/C17H39NOSSi/c1-5-9-12-18(13-10-6-2)14-15-19-21(7-3,8-4)17-11-16-20/h20H,5-17H2,1-4H3. The molecule has 0 amide bonds. The molecule has 0 heterocycles. The second-order valence-corrected chi connectivity index (χ2v) is 11.1. The van der Waals surface area contributed by atoms with Crippen molar-refractivity contribution < 1.29 is 4.43 Å². The third-order valence-corrected chi connectivity index (χ3v) is 9.53. The molecule has 0 atom stereocenters. The monoisotopic (exact) mass is 333 g/mol. The van der Waals surface area contributed by atoms with Gasteiger partial charge in [0.25, 0.3) is 0 Å². The number of thiol groups is 1. The van der Waals surface area contributed by atoms with Crippen molar-refractivity contribution in [1.82, 2.24) is 4.90 Å². The zero-order valence-corrected chi connectivity index (χ0v) is 16.9. The maximum atomic E-state index is 6.48. The van der Waals surface area contributed by atoms with Crippen LogP contribution >= 0.6 is 12.6 Å². The van der Waals surface area contributed by atoms with E-state index in [1.54, 1.807) is 0 Å². The normalized spacial score (nSPS) is 12.3. The molecule has 2 nitrogen and oxygen atoms in total. The number of rotatable bonds is 15. The van der Waals surface area contributed by atoms with Crippen LogP contribution in [0.15, 0.2) is 0 Å². The summed E-state index contributed by atoms with van der Waals surface area (Å²) >= 11 is 4.37. The second kappa shape index (κ2) is 14.1. The summed E-state index contributed by atoms with van der Waals surface area (Å²) in [5, 5.41) is 0. The average Bonchev–Trinajstić information content (AvgIpc) is 2.53. The van der Waals surface area contributed by atoms with Crippen LogP contribution in [0.25, 0.3) is 0 Å². The van der Waals surface area contributed by atoms with E-state index in [1.807, 2.05) is 0 Å². The first-order chi connectivity index (χ1) is 10.2. The van der Waals surface area contributed by atoms with Crippen LogP contribution < -0.4 is 0 Å². The van der Waals surface area contributed by atoms with Crippen LogP contribution in [0.2, 0.25) is 18.1 Å². The first-order valence-corrected chi connectivity index (χ1v) is 12.3. The Balaban J connectivity index is 4.21. The van der Waals surface area contributed by atoms with Gasteiger partial charge in [-0.05, 0) is 56.2 Å². The van der Waals surface area contributed by atoms with Crippen molar-refractivity contribution in [2.24, 2.45) is 0 Å². The molecule has 128 valence electrons. The van der Waals surface area contributed by atoms with E-state index in [0.29, 0.717) is 0 Å². The second-order valence-electron chi connectivity index (χ2n) is 6.11. The van der Waals surface area contributed by atoms with Gasteiger partial charge in [-0.3, -0.25) is 0 Å². The Morgan fingerprint density at radius 3 is 1.86 bits per heavy atom. The summed E-state index contributed by atoms with van der Waals surface area (Å²) < 4.78 is 6.48. The lowest BCUT2D eigenvalue weighted by Gasteiger charge is -2.31. The molecule has 0 N–H and O–H groups in total. The summed E-state index contributed by atoms with van der Waals surface area (Å²) in [6.45, 7) is 13.7. The van der Waals surface area contributed by atoms with Crippen LogP contribution in [0, 0.1) is 0 Å². The summed E-state index contributed by atoms with van der Waals surface area (Å²) in [5.41, 5.74) is 0. The summed E-state index contributed by atoms with van der Waals surface area (Å²) in [4.78, 5) is 2.61. The smallest absolute Gasteiger partial charge is 0.192 e. The van der Waals surface area contributed by atoms with Gasteiger partial charge in [-0.1, -0.05) is 40.5 Å². The Bertz CT molecular complexity index is 217. The van der Waals surface area contributed by atoms with Gasteiger partial charge in [-0.25, -0.2) is 0 Å². The van der Waals surface area contributed by atoms with Crippen molar-refractivity contribution in [2.45, 2.75) is 77.9 Å². The van der Waals surface area contributed by atoms with E-state index in [1.165, 1.54) is 63.3 Å².